The first-order valence-electron chi connectivity index (χ1n) is 10.8. The van der Waals surface area contributed by atoms with Gasteiger partial charge in [0.2, 0.25) is 5.43 Å². The molecule has 0 unspecified atom stereocenters. The molecule has 2 amide bonds. The van der Waals surface area contributed by atoms with Gasteiger partial charge >= 0.3 is 0 Å². The van der Waals surface area contributed by atoms with Gasteiger partial charge in [0.15, 0.2) is 17.3 Å². The van der Waals surface area contributed by atoms with E-state index >= 15 is 0 Å². The lowest BCUT2D eigenvalue weighted by molar-refractivity contribution is 0.0650. The number of amides is 2. The van der Waals surface area contributed by atoms with Crippen molar-refractivity contribution in [3.8, 4) is 11.5 Å². The molecule has 2 heterocycles. The Labute approximate surface area is 200 Å². The summed E-state index contributed by atoms with van der Waals surface area (Å²) in [6.45, 7) is 2.96. The predicted octanol–water partition coefficient (Wildman–Crippen LogP) is 2.12. The minimum Gasteiger partial charge on any atom is -0.503 e. The van der Waals surface area contributed by atoms with Crippen LogP contribution in [0.4, 0.5) is 4.39 Å². The number of halogens is 2. The Hall–Kier alpha value is -3.11. The second kappa shape index (κ2) is 8.92. The van der Waals surface area contributed by atoms with Crippen molar-refractivity contribution in [2.24, 2.45) is 5.92 Å². The van der Waals surface area contributed by atoms with Crippen molar-refractivity contribution in [1.29, 1.82) is 0 Å². The molecule has 1 aliphatic carbocycles. The zero-order chi connectivity index (χ0) is 24.8. The van der Waals surface area contributed by atoms with Gasteiger partial charge in [-0.3, -0.25) is 14.4 Å². The minimum absolute atomic E-state index is 0.0510. The van der Waals surface area contributed by atoms with Gasteiger partial charge in [0, 0.05) is 44.4 Å². The quantitative estimate of drug-likeness (QED) is 0.611. The fraction of sp³-hybridized carbons (Fsp3) is 0.435. The summed E-state index contributed by atoms with van der Waals surface area (Å²) < 4.78 is 26.5. The summed E-state index contributed by atoms with van der Waals surface area (Å²) >= 11 is 5.92. The SMILES string of the molecule is CCOC[C@H]1C[C@@]12CN(C)C(=O)c1c(O)c(=O)c(C(=O)NCc3ccc(OC)c(Cl)c3F)cn12. The summed E-state index contributed by atoms with van der Waals surface area (Å²) in [5.74, 6) is -2.66. The van der Waals surface area contributed by atoms with E-state index in [4.69, 9.17) is 21.1 Å². The number of benzene rings is 1. The fourth-order valence-electron chi connectivity index (χ4n) is 4.53. The highest BCUT2D eigenvalue weighted by Gasteiger charge is 2.60. The number of rotatable bonds is 7. The molecule has 182 valence electrons. The van der Waals surface area contributed by atoms with Crippen LogP contribution in [0.1, 0.15) is 39.8 Å². The Morgan fingerprint density at radius 2 is 2.12 bits per heavy atom. The van der Waals surface area contributed by atoms with Gasteiger partial charge in [0.05, 0.1) is 19.3 Å². The normalized spacial score (nSPS) is 20.9. The predicted molar refractivity (Wildman–Crippen MR) is 121 cm³/mol. The molecule has 1 aromatic heterocycles. The maximum absolute atomic E-state index is 14.5. The van der Waals surface area contributed by atoms with E-state index in [0.717, 1.165) is 0 Å². The molecule has 4 rings (SSSR count). The Balaban J connectivity index is 1.66. The third kappa shape index (κ3) is 3.80. The number of likely N-dealkylation sites (N-methyl/N-ethyl adjacent to an activating group) is 1. The molecule has 1 spiro atoms. The number of aromatic nitrogens is 1. The smallest absolute Gasteiger partial charge is 0.274 e. The van der Waals surface area contributed by atoms with Crippen LogP contribution >= 0.6 is 11.6 Å². The average molecular weight is 494 g/mol. The van der Waals surface area contributed by atoms with Crippen LogP contribution < -0.4 is 15.5 Å². The molecular weight excluding hydrogens is 469 g/mol. The van der Waals surface area contributed by atoms with Gasteiger partial charge in [-0.05, 0) is 19.4 Å². The number of methoxy groups -OCH3 is 1. The molecular formula is C23H25ClFN3O6. The molecule has 11 heteroatoms. The third-order valence-corrected chi connectivity index (χ3v) is 6.83. The van der Waals surface area contributed by atoms with Crippen LogP contribution in [0, 0.1) is 11.7 Å². The molecule has 34 heavy (non-hydrogen) atoms. The number of aromatic hydroxyl groups is 1. The van der Waals surface area contributed by atoms with Crippen LogP contribution in [0.3, 0.4) is 0 Å². The van der Waals surface area contributed by atoms with Crippen molar-refractivity contribution in [1.82, 2.24) is 14.8 Å². The van der Waals surface area contributed by atoms with Crippen molar-refractivity contribution >= 4 is 23.4 Å². The van der Waals surface area contributed by atoms with Gasteiger partial charge in [-0.2, -0.15) is 0 Å². The van der Waals surface area contributed by atoms with E-state index in [2.05, 4.69) is 5.32 Å². The molecule has 9 nitrogen and oxygen atoms in total. The summed E-state index contributed by atoms with van der Waals surface area (Å²) in [6.07, 6.45) is 1.97. The zero-order valence-corrected chi connectivity index (χ0v) is 19.7. The van der Waals surface area contributed by atoms with Gasteiger partial charge in [-0.1, -0.05) is 17.7 Å². The second-order valence-electron chi connectivity index (χ2n) is 8.50. The van der Waals surface area contributed by atoms with Crippen molar-refractivity contribution in [2.75, 3.05) is 33.9 Å². The van der Waals surface area contributed by atoms with Crippen LogP contribution in [-0.4, -0.2) is 60.3 Å². The summed E-state index contributed by atoms with van der Waals surface area (Å²) in [5, 5.41) is 12.9. The van der Waals surface area contributed by atoms with E-state index in [-0.39, 0.29) is 40.1 Å². The lowest BCUT2D eigenvalue weighted by atomic mass is 10.0. The monoisotopic (exact) mass is 493 g/mol. The number of carbonyl (C=O) groups excluding carboxylic acids is 2. The molecule has 1 aliphatic heterocycles. The minimum atomic E-state index is -0.974. The molecule has 1 aromatic carbocycles. The van der Waals surface area contributed by atoms with Crippen molar-refractivity contribution in [3.05, 3.63) is 56.2 Å². The first-order valence-corrected chi connectivity index (χ1v) is 11.1. The first-order chi connectivity index (χ1) is 16.2. The maximum atomic E-state index is 14.5. The maximum Gasteiger partial charge on any atom is 0.274 e. The highest BCUT2D eigenvalue weighted by Crippen LogP contribution is 2.53. The molecule has 1 saturated carbocycles. The van der Waals surface area contributed by atoms with Crippen LogP contribution in [-0.2, 0) is 16.8 Å². The van der Waals surface area contributed by atoms with E-state index in [1.165, 1.54) is 34.9 Å². The van der Waals surface area contributed by atoms with Gasteiger partial charge in [-0.15, -0.1) is 0 Å². The van der Waals surface area contributed by atoms with Crippen molar-refractivity contribution in [2.45, 2.75) is 25.4 Å². The topological polar surface area (TPSA) is 110 Å². The van der Waals surface area contributed by atoms with Crippen LogP contribution in [0.2, 0.25) is 5.02 Å². The lowest BCUT2D eigenvalue weighted by Crippen LogP contribution is -2.48. The summed E-state index contributed by atoms with van der Waals surface area (Å²) in [6, 6.07) is 2.87. The third-order valence-electron chi connectivity index (χ3n) is 6.48. The Bertz CT molecular complexity index is 1230. The number of hydrogen-bond donors (Lipinski definition) is 2. The molecule has 2 atom stereocenters. The number of nitrogens with one attached hydrogen (secondary N) is 1. The van der Waals surface area contributed by atoms with E-state index in [0.29, 0.717) is 26.2 Å². The molecule has 1 fully saturated rings. The molecule has 0 radical (unpaired) electrons. The van der Waals surface area contributed by atoms with Crippen LogP contribution in [0.15, 0.2) is 23.1 Å². The summed E-state index contributed by atoms with van der Waals surface area (Å²) in [4.78, 5) is 39.9. The number of hydrogen-bond acceptors (Lipinski definition) is 6. The average Bonchev–Trinajstić information content (AvgIpc) is 3.51. The van der Waals surface area contributed by atoms with Crippen LogP contribution in [0.5, 0.6) is 11.5 Å². The van der Waals surface area contributed by atoms with Crippen molar-refractivity contribution in [3.63, 3.8) is 0 Å². The standard InChI is InChI=1S/C23H25ClFN3O6/c1-4-34-10-13-7-23(13)11-27(2)22(32)18-20(30)19(29)14(9-28(18)23)21(31)26-8-12-5-6-15(33-3)16(24)17(12)25/h5-6,9,13,30H,4,7-8,10-11H2,1-3H3,(H,26,31)/t13-,23-/m1/s1. The lowest BCUT2D eigenvalue weighted by Gasteiger charge is -2.35. The van der Waals surface area contributed by atoms with Gasteiger partial charge < -0.3 is 29.4 Å². The zero-order valence-electron chi connectivity index (χ0n) is 19.0. The van der Waals surface area contributed by atoms with Gasteiger partial charge in [0.1, 0.15) is 16.3 Å². The van der Waals surface area contributed by atoms with Crippen molar-refractivity contribution < 1.29 is 28.6 Å². The highest BCUT2D eigenvalue weighted by atomic mass is 35.5. The second-order valence-corrected chi connectivity index (χ2v) is 8.88. The summed E-state index contributed by atoms with van der Waals surface area (Å²) in [5.41, 5.74) is -1.96. The highest BCUT2D eigenvalue weighted by molar-refractivity contribution is 6.32. The number of fused-ring (bicyclic) bond motifs is 2. The number of pyridine rings is 1. The Morgan fingerprint density at radius 1 is 1.38 bits per heavy atom. The Morgan fingerprint density at radius 3 is 2.79 bits per heavy atom. The summed E-state index contributed by atoms with van der Waals surface area (Å²) in [7, 11) is 2.95. The molecule has 2 aliphatic rings. The van der Waals surface area contributed by atoms with E-state index in [1.54, 1.807) is 7.05 Å². The van der Waals surface area contributed by atoms with E-state index in [1.807, 2.05) is 6.92 Å². The van der Waals surface area contributed by atoms with Crippen LogP contribution in [0.25, 0.3) is 0 Å². The van der Waals surface area contributed by atoms with E-state index in [9.17, 15) is 23.9 Å². The number of nitrogens with zero attached hydrogens (tertiary/aromatic N) is 2. The number of carbonyl (C=O) groups is 2. The first kappa shape index (κ1) is 24.0. The molecule has 2 aromatic rings. The van der Waals surface area contributed by atoms with E-state index < -0.39 is 34.3 Å². The largest absolute Gasteiger partial charge is 0.503 e. The Kier molecular flexibility index (Phi) is 6.30. The number of ether oxygens (including phenoxy) is 2. The van der Waals surface area contributed by atoms with Gasteiger partial charge in [-0.25, -0.2) is 4.39 Å². The molecule has 0 saturated heterocycles. The molecule has 2 N–H and O–H groups in total. The fourth-order valence-corrected chi connectivity index (χ4v) is 4.79. The van der Waals surface area contributed by atoms with Gasteiger partial charge in [0.25, 0.3) is 11.8 Å². The molecule has 0 bridgehead atoms.